The Kier molecular flexibility index (Phi) is 3.61. The van der Waals surface area contributed by atoms with Gasteiger partial charge in [0.05, 0.1) is 0 Å². The zero-order valence-corrected chi connectivity index (χ0v) is 14.6. The fourth-order valence-electron chi connectivity index (χ4n) is 3.52. The van der Waals surface area contributed by atoms with Crippen LogP contribution in [0.5, 0.6) is 0 Å². The fourth-order valence-corrected chi connectivity index (χ4v) is 3.52. The van der Waals surface area contributed by atoms with Crippen LogP contribution in [0.25, 0.3) is 33.2 Å². The number of hydrogen-bond donors (Lipinski definition) is 0. The smallest absolute Gasteiger partial charge is 0.336 e. The number of ether oxygens (including phenoxy) is 1. The fraction of sp³-hybridized carbons (Fsp3) is 0. The maximum absolute atomic E-state index is 12.0. The molecule has 0 spiro atoms. The van der Waals surface area contributed by atoms with E-state index < -0.39 is 0 Å². The summed E-state index contributed by atoms with van der Waals surface area (Å²) < 4.78 is 5.49. The van der Waals surface area contributed by atoms with Crippen molar-refractivity contribution in [2.24, 2.45) is 0 Å². The second-order valence-electron chi connectivity index (χ2n) is 6.66. The van der Waals surface area contributed by atoms with Crippen molar-refractivity contribution in [3.63, 3.8) is 0 Å². The van der Waals surface area contributed by atoms with Gasteiger partial charge < -0.3 is 4.74 Å². The van der Waals surface area contributed by atoms with Crippen LogP contribution >= 0.6 is 0 Å². The molecule has 1 aliphatic rings. The van der Waals surface area contributed by atoms with Gasteiger partial charge in [0.2, 0.25) is 0 Å². The first-order chi connectivity index (χ1) is 13.3. The highest BCUT2D eigenvalue weighted by Crippen LogP contribution is 2.33. The number of esters is 1. The molecule has 1 aliphatic heterocycles. The maximum Gasteiger partial charge on any atom is 0.336 e. The minimum atomic E-state index is -0.329. The van der Waals surface area contributed by atoms with Gasteiger partial charge in [0.15, 0.2) is 0 Å². The Morgan fingerprint density at radius 2 is 1.30 bits per heavy atom. The molecule has 0 N–H and O–H groups in total. The van der Waals surface area contributed by atoms with Crippen LogP contribution in [0.4, 0.5) is 0 Å². The van der Waals surface area contributed by atoms with Crippen molar-refractivity contribution < 1.29 is 9.53 Å². The van der Waals surface area contributed by atoms with Gasteiger partial charge in [0.25, 0.3) is 0 Å². The van der Waals surface area contributed by atoms with E-state index in [1.807, 2.05) is 42.5 Å². The van der Waals surface area contributed by atoms with Crippen LogP contribution in [0.1, 0.15) is 11.1 Å². The first-order valence-corrected chi connectivity index (χ1v) is 8.90. The average Bonchev–Trinajstić information content (AvgIpc) is 3.07. The van der Waals surface area contributed by atoms with Crippen molar-refractivity contribution in [2.45, 2.75) is 0 Å². The van der Waals surface area contributed by atoms with E-state index in [2.05, 4.69) is 48.5 Å². The third-order valence-electron chi connectivity index (χ3n) is 4.87. The van der Waals surface area contributed by atoms with Crippen molar-refractivity contribution >= 4 is 39.2 Å². The Hall–Kier alpha value is -3.65. The summed E-state index contributed by atoms with van der Waals surface area (Å²) in [4.78, 5) is 12.0. The zero-order chi connectivity index (χ0) is 18.2. The predicted octanol–water partition coefficient (Wildman–Crippen LogP) is 5.97. The lowest BCUT2D eigenvalue weighted by Crippen LogP contribution is -1.92. The van der Waals surface area contributed by atoms with Crippen molar-refractivity contribution in [1.29, 1.82) is 0 Å². The third kappa shape index (κ3) is 2.91. The number of rotatable bonds is 2. The van der Waals surface area contributed by atoms with E-state index in [-0.39, 0.29) is 5.97 Å². The number of carbonyl (C=O) groups is 1. The van der Waals surface area contributed by atoms with Gasteiger partial charge in [-0.1, -0.05) is 72.8 Å². The van der Waals surface area contributed by atoms with Crippen molar-refractivity contribution in [3.8, 4) is 0 Å². The summed E-state index contributed by atoms with van der Waals surface area (Å²) >= 11 is 0. The van der Waals surface area contributed by atoms with E-state index in [1.165, 1.54) is 10.8 Å². The van der Waals surface area contributed by atoms with Gasteiger partial charge in [-0.3, -0.25) is 0 Å². The van der Waals surface area contributed by atoms with Gasteiger partial charge in [-0.05, 0) is 50.9 Å². The molecule has 0 fully saturated rings. The first-order valence-electron chi connectivity index (χ1n) is 8.90. The number of hydrogen-bond acceptors (Lipinski definition) is 2. The van der Waals surface area contributed by atoms with Crippen molar-refractivity contribution in [3.05, 3.63) is 108 Å². The molecule has 2 heteroatoms. The van der Waals surface area contributed by atoms with Gasteiger partial charge in [-0.15, -0.1) is 0 Å². The Morgan fingerprint density at radius 3 is 2.04 bits per heavy atom. The Bertz CT molecular complexity index is 1260. The lowest BCUT2D eigenvalue weighted by Gasteiger charge is -2.07. The largest absolute Gasteiger partial charge is 0.423 e. The van der Waals surface area contributed by atoms with E-state index in [1.54, 1.807) is 6.08 Å². The van der Waals surface area contributed by atoms with Crippen LogP contribution in [0.3, 0.4) is 0 Å². The molecule has 27 heavy (non-hydrogen) atoms. The summed E-state index contributed by atoms with van der Waals surface area (Å²) in [5.74, 6) is 0.260. The third-order valence-corrected chi connectivity index (χ3v) is 4.87. The summed E-state index contributed by atoms with van der Waals surface area (Å²) in [5.41, 5.74) is 2.80. The molecule has 0 amide bonds. The lowest BCUT2D eigenvalue weighted by molar-refractivity contribution is -0.132. The maximum atomic E-state index is 12.0. The quantitative estimate of drug-likeness (QED) is 0.417. The molecular weight excluding hydrogens is 332 g/mol. The molecule has 0 saturated carbocycles. The molecule has 0 radical (unpaired) electrons. The van der Waals surface area contributed by atoms with E-state index in [0.717, 1.165) is 27.5 Å². The van der Waals surface area contributed by atoms with E-state index in [4.69, 9.17) is 4.74 Å². The monoisotopic (exact) mass is 348 g/mol. The number of benzene rings is 4. The molecule has 128 valence electrons. The Balaban J connectivity index is 1.58. The Labute approximate surface area is 157 Å². The lowest BCUT2D eigenvalue weighted by atomic mass is 9.99. The number of cyclic esters (lactones) is 1. The Morgan fingerprint density at radius 1 is 0.667 bits per heavy atom. The highest BCUT2D eigenvalue weighted by atomic mass is 16.5. The van der Waals surface area contributed by atoms with Gasteiger partial charge >= 0.3 is 5.97 Å². The zero-order valence-electron chi connectivity index (χ0n) is 14.6. The van der Waals surface area contributed by atoms with Crippen molar-refractivity contribution in [1.82, 2.24) is 0 Å². The first kappa shape index (κ1) is 15.6. The van der Waals surface area contributed by atoms with Crippen LogP contribution in [0.2, 0.25) is 0 Å². The van der Waals surface area contributed by atoms with Gasteiger partial charge in [0.1, 0.15) is 5.76 Å². The summed E-state index contributed by atoms with van der Waals surface area (Å²) in [6, 6.07) is 28.8. The normalized spacial score (nSPS) is 15.3. The second kappa shape index (κ2) is 6.26. The number of fused-ring (bicyclic) bond motifs is 2. The summed E-state index contributed by atoms with van der Waals surface area (Å²) in [5, 5.41) is 4.66. The molecule has 2 nitrogen and oxygen atoms in total. The molecule has 5 rings (SSSR count). The van der Waals surface area contributed by atoms with Crippen molar-refractivity contribution in [2.75, 3.05) is 0 Å². The van der Waals surface area contributed by atoms with Crippen LogP contribution in [-0.4, -0.2) is 5.97 Å². The van der Waals surface area contributed by atoms with Gasteiger partial charge in [-0.25, -0.2) is 4.79 Å². The minimum Gasteiger partial charge on any atom is -0.423 e. The molecule has 1 heterocycles. The average molecular weight is 348 g/mol. The summed E-state index contributed by atoms with van der Waals surface area (Å²) in [6.07, 6.45) is 3.50. The van der Waals surface area contributed by atoms with Crippen LogP contribution in [-0.2, 0) is 9.53 Å². The SMILES string of the molecule is O=C1C=C(c2ccc3ccccc3c2)C(=Cc2ccc3ccccc3c2)O1. The van der Waals surface area contributed by atoms with E-state index in [9.17, 15) is 4.79 Å². The molecule has 4 aromatic carbocycles. The second-order valence-corrected chi connectivity index (χ2v) is 6.66. The number of allylic oxidation sites excluding steroid dienone is 1. The summed E-state index contributed by atoms with van der Waals surface area (Å²) in [7, 11) is 0. The highest BCUT2D eigenvalue weighted by molar-refractivity contribution is 6.04. The van der Waals surface area contributed by atoms with E-state index >= 15 is 0 Å². The molecule has 4 aromatic rings. The molecule has 0 unspecified atom stereocenters. The molecule has 0 bridgehead atoms. The molecular formula is C25H16O2. The van der Waals surface area contributed by atoms with E-state index in [0.29, 0.717) is 5.76 Å². The topological polar surface area (TPSA) is 26.3 Å². The predicted molar refractivity (Wildman–Crippen MR) is 110 cm³/mol. The number of carbonyl (C=O) groups excluding carboxylic acids is 1. The molecule has 0 aliphatic carbocycles. The van der Waals surface area contributed by atoms with Gasteiger partial charge in [-0.2, -0.15) is 0 Å². The minimum absolute atomic E-state index is 0.329. The standard InChI is InChI=1S/C25H16O2/c26-25-16-23(22-12-11-19-6-2-4-8-21(19)15-22)24(27-25)14-17-9-10-18-5-1-3-7-20(18)13-17/h1-16H. The molecule has 0 aromatic heterocycles. The molecule has 0 saturated heterocycles. The summed E-state index contributed by atoms with van der Waals surface area (Å²) in [6.45, 7) is 0. The van der Waals surface area contributed by atoms with Crippen LogP contribution < -0.4 is 0 Å². The van der Waals surface area contributed by atoms with Crippen LogP contribution in [0.15, 0.2) is 96.8 Å². The highest BCUT2D eigenvalue weighted by Gasteiger charge is 2.21. The van der Waals surface area contributed by atoms with Crippen LogP contribution in [0, 0.1) is 0 Å². The van der Waals surface area contributed by atoms with Gasteiger partial charge in [0, 0.05) is 11.6 Å². The molecule has 0 atom stereocenters.